The minimum absolute atomic E-state index is 0.0247. The van der Waals surface area contributed by atoms with Gasteiger partial charge in [0.1, 0.15) is 17.1 Å². The molecule has 26 heavy (non-hydrogen) atoms. The maximum atomic E-state index is 12.9. The number of aryl methyl sites for hydroxylation is 3. The average molecular weight is 359 g/mol. The topological polar surface area (TPSA) is 67.4 Å². The summed E-state index contributed by atoms with van der Waals surface area (Å²) in [5.74, 6) is 2.00. The highest BCUT2D eigenvalue weighted by atomic mass is 16.5. The van der Waals surface area contributed by atoms with Crippen molar-refractivity contribution in [3.63, 3.8) is 0 Å². The molecule has 0 aromatic carbocycles. The van der Waals surface area contributed by atoms with Crippen LogP contribution in [0.25, 0.3) is 0 Å². The smallest absolute Gasteiger partial charge is 0.259 e. The Balaban J connectivity index is 1.69. The van der Waals surface area contributed by atoms with Crippen molar-refractivity contribution in [2.24, 2.45) is 0 Å². The molecule has 1 aliphatic rings. The fraction of sp³-hybridized carbons (Fsp3) is 0.632. The van der Waals surface area contributed by atoms with Gasteiger partial charge in [-0.2, -0.15) is 0 Å². The van der Waals surface area contributed by atoms with E-state index in [4.69, 9.17) is 4.52 Å². The zero-order valence-corrected chi connectivity index (χ0v) is 16.2. The summed E-state index contributed by atoms with van der Waals surface area (Å²) in [5, 5.41) is 3.92. The van der Waals surface area contributed by atoms with Crippen LogP contribution >= 0.6 is 0 Å². The number of imidazole rings is 1. The van der Waals surface area contributed by atoms with E-state index in [0.717, 1.165) is 44.7 Å². The highest BCUT2D eigenvalue weighted by Crippen LogP contribution is 2.28. The number of piperidine rings is 1. The number of aromatic nitrogens is 3. The fourth-order valence-electron chi connectivity index (χ4n) is 3.75. The first kappa shape index (κ1) is 18.6. The summed E-state index contributed by atoms with van der Waals surface area (Å²) < 4.78 is 7.42. The van der Waals surface area contributed by atoms with E-state index in [2.05, 4.69) is 39.9 Å². The minimum atomic E-state index is 0.0247. The van der Waals surface area contributed by atoms with Crippen LogP contribution in [0.2, 0.25) is 0 Å². The molecule has 2 aromatic heterocycles. The number of carbonyl (C=O) groups excluding carboxylic acids is 1. The van der Waals surface area contributed by atoms with Crippen LogP contribution < -0.4 is 0 Å². The maximum Gasteiger partial charge on any atom is 0.259 e. The molecule has 1 atom stereocenters. The van der Waals surface area contributed by atoms with Gasteiger partial charge in [-0.05, 0) is 53.8 Å². The van der Waals surface area contributed by atoms with E-state index in [-0.39, 0.29) is 11.8 Å². The normalized spacial score (nSPS) is 17.9. The summed E-state index contributed by atoms with van der Waals surface area (Å²) in [6, 6.07) is 0. The number of nitrogens with zero attached hydrogens (tertiary/aromatic N) is 5. The lowest BCUT2D eigenvalue weighted by molar-refractivity contribution is 0.0700. The molecule has 1 fully saturated rings. The number of amides is 1. The van der Waals surface area contributed by atoms with E-state index in [9.17, 15) is 4.79 Å². The van der Waals surface area contributed by atoms with E-state index < -0.39 is 0 Å². The molecule has 1 amide bonds. The lowest BCUT2D eigenvalue weighted by Gasteiger charge is -2.32. The van der Waals surface area contributed by atoms with Crippen LogP contribution in [0.15, 0.2) is 16.9 Å². The Morgan fingerprint density at radius 2 is 2.19 bits per heavy atom. The lowest BCUT2D eigenvalue weighted by Crippen LogP contribution is -2.40. The molecule has 0 aliphatic carbocycles. The van der Waals surface area contributed by atoms with Crippen molar-refractivity contribution in [2.75, 3.05) is 33.7 Å². The Kier molecular flexibility index (Phi) is 5.76. The number of carbonyl (C=O) groups is 1. The third-order valence-electron chi connectivity index (χ3n) is 5.07. The average Bonchev–Trinajstić information content (AvgIpc) is 3.21. The van der Waals surface area contributed by atoms with Crippen LogP contribution in [0.4, 0.5) is 0 Å². The van der Waals surface area contributed by atoms with Crippen LogP contribution in [0.5, 0.6) is 0 Å². The Labute approximate surface area is 155 Å². The van der Waals surface area contributed by atoms with E-state index >= 15 is 0 Å². The molecule has 3 heterocycles. The Hall–Kier alpha value is -2.15. The molecule has 3 rings (SSSR count). The van der Waals surface area contributed by atoms with Gasteiger partial charge < -0.3 is 18.9 Å². The zero-order chi connectivity index (χ0) is 18.7. The number of hydrogen-bond donors (Lipinski definition) is 0. The van der Waals surface area contributed by atoms with Crippen molar-refractivity contribution in [1.29, 1.82) is 0 Å². The monoisotopic (exact) mass is 359 g/mol. The van der Waals surface area contributed by atoms with Gasteiger partial charge in [0.05, 0.1) is 5.69 Å². The predicted octanol–water partition coefficient (Wildman–Crippen LogP) is 2.46. The van der Waals surface area contributed by atoms with Crippen molar-refractivity contribution < 1.29 is 9.32 Å². The van der Waals surface area contributed by atoms with Crippen LogP contribution in [0, 0.1) is 13.8 Å². The standard InChI is InChI=1S/C19H29N5O2/c1-14-17(15(2)26-21-14)19(25)24-10-5-7-16(13-24)18-20-8-12-23(18)11-6-9-22(3)4/h8,12,16H,5-7,9-11,13H2,1-4H3/t16-/m1/s1. The molecule has 1 aliphatic heterocycles. The Morgan fingerprint density at radius 3 is 2.88 bits per heavy atom. The zero-order valence-electron chi connectivity index (χ0n) is 16.2. The lowest BCUT2D eigenvalue weighted by atomic mass is 9.96. The first-order chi connectivity index (χ1) is 12.5. The molecular formula is C19H29N5O2. The van der Waals surface area contributed by atoms with Gasteiger partial charge in [0.25, 0.3) is 5.91 Å². The van der Waals surface area contributed by atoms with Gasteiger partial charge in [-0.3, -0.25) is 4.79 Å². The summed E-state index contributed by atoms with van der Waals surface area (Å²) in [6.45, 7) is 7.11. The molecule has 142 valence electrons. The molecule has 2 aromatic rings. The quantitative estimate of drug-likeness (QED) is 0.792. The third kappa shape index (κ3) is 3.98. The molecule has 7 heteroatoms. The molecule has 0 spiro atoms. The van der Waals surface area contributed by atoms with Gasteiger partial charge in [-0.1, -0.05) is 5.16 Å². The predicted molar refractivity (Wildman–Crippen MR) is 99.3 cm³/mol. The summed E-state index contributed by atoms with van der Waals surface area (Å²) in [7, 11) is 4.18. The van der Waals surface area contributed by atoms with E-state index in [1.165, 1.54) is 0 Å². The van der Waals surface area contributed by atoms with E-state index in [0.29, 0.717) is 23.6 Å². The summed E-state index contributed by atoms with van der Waals surface area (Å²) in [5.41, 5.74) is 1.28. The Bertz CT molecular complexity index is 729. The largest absolute Gasteiger partial charge is 0.361 e. The highest BCUT2D eigenvalue weighted by Gasteiger charge is 2.30. The van der Waals surface area contributed by atoms with Crippen LogP contribution in [0.1, 0.15) is 52.8 Å². The second-order valence-electron chi connectivity index (χ2n) is 7.43. The van der Waals surface area contributed by atoms with Crippen molar-refractivity contribution in [3.8, 4) is 0 Å². The van der Waals surface area contributed by atoms with Gasteiger partial charge >= 0.3 is 0 Å². The molecule has 0 radical (unpaired) electrons. The van der Waals surface area contributed by atoms with Crippen molar-refractivity contribution in [2.45, 2.75) is 45.6 Å². The van der Waals surface area contributed by atoms with Gasteiger partial charge in [-0.25, -0.2) is 4.98 Å². The molecule has 0 saturated carbocycles. The summed E-state index contributed by atoms with van der Waals surface area (Å²) in [6.07, 6.45) is 7.07. The molecule has 1 saturated heterocycles. The first-order valence-corrected chi connectivity index (χ1v) is 9.35. The third-order valence-corrected chi connectivity index (χ3v) is 5.07. The molecular weight excluding hydrogens is 330 g/mol. The second kappa shape index (κ2) is 8.03. The Morgan fingerprint density at radius 1 is 1.38 bits per heavy atom. The fourth-order valence-corrected chi connectivity index (χ4v) is 3.75. The molecule has 7 nitrogen and oxygen atoms in total. The van der Waals surface area contributed by atoms with Crippen LogP contribution in [0.3, 0.4) is 0 Å². The van der Waals surface area contributed by atoms with Gasteiger partial charge in [0.15, 0.2) is 0 Å². The second-order valence-corrected chi connectivity index (χ2v) is 7.43. The molecule has 0 bridgehead atoms. The van der Waals surface area contributed by atoms with E-state index in [1.807, 2.05) is 18.0 Å². The number of rotatable bonds is 6. The summed E-state index contributed by atoms with van der Waals surface area (Å²) in [4.78, 5) is 21.7. The van der Waals surface area contributed by atoms with E-state index in [1.54, 1.807) is 6.92 Å². The van der Waals surface area contributed by atoms with Gasteiger partial charge in [0.2, 0.25) is 0 Å². The highest BCUT2D eigenvalue weighted by molar-refractivity contribution is 5.96. The minimum Gasteiger partial charge on any atom is -0.361 e. The van der Waals surface area contributed by atoms with Gasteiger partial charge in [0, 0.05) is 37.9 Å². The van der Waals surface area contributed by atoms with Gasteiger partial charge in [-0.15, -0.1) is 0 Å². The first-order valence-electron chi connectivity index (χ1n) is 9.35. The summed E-state index contributed by atoms with van der Waals surface area (Å²) >= 11 is 0. The SMILES string of the molecule is Cc1noc(C)c1C(=O)N1CCC[C@@H](c2nccn2CCCN(C)C)C1. The number of likely N-dealkylation sites (tertiary alicyclic amines) is 1. The van der Waals surface area contributed by atoms with Crippen molar-refractivity contribution in [1.82, 2.24) is 24.5 Å². The molecule has 0 unspecified atom stereocenters. The maximum absolute atomic E-state index is 12.9. The van der Waals surface area contributed by atoms with Crippen molar-refractivity contribution >= 4 is 5.91 Å². The van der Waals surface area contributed by atoms with Crippen molar-refractivity contribution in [3.05, 3.63) is 35.2 Å². The van der Waals surface area contributed by atoms with Crippen LogP contribution in [-0.2, 0) is 6.54 Å². The number of hydrogen-bond acceptors (Lipinski definition) is 5. The molecule has 0 N–H and O–H groups in total. The van der Waals surface area contributed by atoms with Crippen LogP contribution in [-0.4, -0.2) is 64.1 Å².